The number of hydrogen-bond acceptors (Lipinski definition) is 2. The van der Waals surface area contributed by atoms with Crippen molar-refractivity contribution in [3.8, 4) is 11.1 Å². The summed E-state index contributed by atoms with van der Waals surface area (Å²) in [6.45, 7) is 0. The van der Waals surface area contributed by atoms with Crippen molar-refractivity contribution >= 4 is 11.4 Å². The SMILES string of the molecule is Nc1ccc(-c2ccc(N)cc2)cc1.c1ccc(Cc2ccccc2)cc1. The molecule has 0 radical (unpaired) electrons. The van der Waals surface area contributed by atoms with E-state index in [0.29, 0.717) is 0 Å². The predicted molar refractivity (Wildman–Crippen MR) is 116 cm³/mol. The first kappa shape index (κ1) is 18.3. The van der Waals surface area contributed by atoms with Crippen LogP contribution in [-0.4, -0.2) is 0 Å². The van der Waals surface area contributed by atoms with Crippen molar-refractivity contribution in [3.63, 3.8) is 0 Å². The van der Waals surface area contributed by atoms with Gasteiger partial charge in [-0.3, -0.25) is 0 Å². The van der Waals surface area contributed by atoms with Gasteiger partial charge in [0.05, 0.1) is 0 Å². The highest BCUT2D eigenvalue weighted by Crippen LogP contribution is 2.21. The summed E-state index contributed by atoms with van der Waals surface area (Å²) >= 11 is 0. The van der Waals surface area contributed by atoms with Crippen LogP contribution in [0.25, 0.3) is 11.1 Å². The van der Waals surface area contributed by atoms with Gasteiger partial charge >= 0.3 is 0 Å². The van der Waals surface area contributed by atoms with Crippen molar-refractivity contribution in [2.45, 2.75) is 6.42 Å². The molecule has 0 amide bonds. The summed E-state index contributed by atoms with van der Waals surface area (Å²) in [5, 5.41) is 0. The smallest absolute Gasteiger partial charge is 0.0314 e. The number of anilines is 2. The van der Waals surface area contributed by atoms with Crippen molar-refractivity contribution in [3.05, 3.63) is 120 Å². The molecule has 4 N–H and O–H groups in total. The Hall–Kier alpha value is -3.52. The molecule has 0 bridgehead atoms. The van der Waals surface area contributed by atoms with E-state index in [0.717, 1.165) is 28.9 Å². The van der Waals surface area contributed by atoms with Gasteiger partial charge < -0.3 is 11.5 Å². The second kappa shape index (κ2) is 9.25. The Morgan fingerprint density at radius 3 is 1.07 bits per heavy atom. The zero-order valence-electron chi connectivity index (χ0n) is 15.3. The summed E-state index contributed by atoms with van der Waals surface area (Å²) in [5.74, 6) is 0. The highest BCUT2D eigenvalue weighted by molar-refractivity contribution is 5.67. The fourth-order valence-corrected chi connectivity index (χ4v) is 2.78. The highest BCUT2D eigenvalue weighted by atomic mass is 14.5. The maximum absolute atomic E-state index is 5.61. The van der Waals surface area contributed by atoms with Gasteiger partial charge in [-0.15, -0.1) is 0 Å². The Balaban J connectivity index is 0.000000156. The third-order valence-corrected chi connectivity index (χ3v) is 4.25. The van der Waals surface area contributed by atoms with Crippen molar-refractivity contribution in [1.29, 1.82) is 0 Å². The van der Waals surface area contributed by atoms with Crippen LogP contribution in [0, 0.1) is 0 Å². The van der Waals surface area contributed by atoms with Crippen LogP contribution in [0.5, 0.6) is 0 Å². The number of nitrogens with two attached hydrogens (primary N) is 2. The molecule has 0 aromatic heterocycles. The molecule has 0 atom stereocenters. The van der Waals surface area contributed by atoms with E-state index in [9.17, 15) is 0 Å². The molecular weight excluding hydrogens is 328 g/mol. The van der Waals surface area contributed by atoms with Crippen LogP contribution in [0.1, 0.15) is 11.1 Å². The zero-order valence-corrected chi connectivity index (χ0v) is 15.3. The van der Waals surface area contributed by atoms with Crippen molar-refractivity contribution in [1.82, 2.24) is 0 Å². The molecule has 4 aromatic rings. The van der Waals surface area contributed by atoms with E-state index in [4.69, 9.17) is 11.5 Å². The summed E-state index contributed by atoms with van der Waals surface area (Å²) in [5.41, 5.74) is 17.8. The van der Waals surface area contributed by atoms with Crippen LogP contribution >= 0.6 is 0 Å². The van der Waals surface area contributed by atoms with Crippen LogP contribution in [-0.2, 0) is 6.42 Å². The molecular formula is C25H24N2. The van der Waals surface area contributed by atoms with E-state index in [1.807, 2.05) is 48.5 Å². The van der Waals surface area contributed by atoms with E-state index in [1.165, 1.54) is 11.1 Å². The monoisotopic (exact) mass is 352 g/mol. The third-order valence-electron chi connectivity index (χ3n) is 4.25. The molecule has 27 heavy (non-hydrogen) atoms. The minimum Gasteiger partial charge on any atom is -0.399 e. The molecule has 4 rings (SSSR count). The van der Waals surface area contributed by atoms with Gasteiger partial charge in [0.1, 0.15) is 0 Å². The lowest BCUT2D eigenvalue weighted by molar-refractivity contribution is 1.19. The lowest BCUT2D eigenvalue weighted by atomic mass is 10.1. The Bertz CT molecular complexity index is 848. The van der Waals surface area contributed by atoms with E-state index in [1.54, 1.807) is 0 Å². The lowest BCUT2D eigenvalue weighted by Gasteiger charge is -2.02. The molecule has 0 saturated carbocycles. The number of rotatable bonds is 3. The number of nitrogen functional groups attached to an aromatic ring is 2. The maximum atomic E-state index is 5.61. The average molecular weight is 352 g/mol. The van der Waals surface area contributed by atoms with Gasteiger partial charge in [0.25, 0.3) is 0 Å². The van der Waals surface area contributed by atoms with Gasteiger partial charge in [0.15, 0.2) is 0 Å². The van der Waals surface area contributed by atoms with Crippen molar-refractivity contribution in [2.24, 2.45) is 0 Å². The Labute approximate surface area is 161 Å². The van der Waals surface area contributed by atoms with Crippen LogP contribution in [0.15, 0.2) is 109 Å². The highest BCUT2D eigenvalue weighted by Gasteiger charge is 1.96. The quantitative estimate of drug-likeness (QED) is 0.458. The Kier molecular flexibility index (Phi) is 6.26. The fraction of sp³-hybridized carbons (Fsp3) is 0.0400. The Morgan fingerprint density at radius 1 is 0.407 bits per heavy atom. The average Bonchev–Trinajstić information content (AvgIpc) is 2.71. The van der Waals surface area contributed by atoms with Crippen LogP contribution in [0.4, 0.5) is 11.4 Å². The van der Waals surface area contributed by atoms with Crippen LogP contribution < -0.4 is 11.5 Å². The summed E-state index contributed by atoms with van der Waals surface area (Å²) in [6.07, 6.45) is 1.03. The molecule has 2 nitrogen and oxygen atoms in total. The first-order valence-electron chi connectivity index (χ1n) is 9.00. The lowest BCUT2D eigenvalue weighted by Crippen LogP contribution is -1.85. The molecule has 0 unspecified atom stereocenters. The van der Waals surface area contributed by atoms with Gasteiger partial charge in [-0.2, -0.15) is 0 Å². The van der Waals surface area contributed by atoms with Crippen LogP contribution in [0.2, 0.25) is 0 Å². The minimum atomic E-state index is 0.782. The van der Waals surface area contributed by atoms with Crippen LogP contribution in [0.3, 0.4) is 0 Å². The topological polar surface area (TPSA) is 52.0 Å². The minimum absolute atomic E-state index is 0.782. The van der Waals surface area contributed by atoms with E-state index >= 15 is 0 Å². The fourth-order valence-electron chi connectivity index (χ4n) is 2.78. The Morgan fingerprint density at radius 2 is 0.741 bits per heavy atom. The number of benzene rings is 4. The molecule has 134 valence electrons. The van der Waals surface area contributed by atoms with Gasteiger partial charge in [0, 0.05) is 11.4 Å². The summed E-state index contributed by atoms with van der Waals surface area (Å²) in [7, 11) is 0. The van der Waals surface area contributed by atoms with Crippen molar-refractivity contribution in [2.75, 3.05) is 11.5 Å². The molecule has 0 aliphatic heterocycles. The third kappa shape index (κ3) is 5.75. The molecule has 0 heterocycles. The van der Waals surface area contributed by atoms with Gasteiger partial charge in [-0.1, -0.05) is 84.9 Å². The molecule has 0 spiro atoms. The van der Waals surface area contributed by atoms with Gasteiger partial charge in [0.2, 0.25) is 0 Å². The molecule has 0 fully saturated rings. The number of hydrogen-bond donors (Lipinski definition) is 2. The second-order valence-corrected chi connectivity index (χ2v) is 6.39. The zero-order chi connectivity index (χ0) is 18.9. The standard InChI is InChI=1S/C13H12.C12H12N2/c1-3-7-12(8-4-1)11-13-9-5-2-6-10-13;13-11-5-1-9(2-6-11)10-3-7-12(14)8-4-10/h1-10H,11H2;1-8H,13-14H2. The summed E-state index contributed by atoms with van der Waals surface area (Å²) < 4.78 is 0. The first-order chi connectivity index (χ1) is 13.2. The van der Waals surface area contributed by atoms with E-state index < -0.39 is 0 Å². The van der Waals surface area contributed by atoms with E-state index in [-0.39, 0.29) is 0 Å². The summed E-state index contributed by atoms with van der Waals surface area (Å²) in [6, 6.07) is 36.6. The normalized spacial score (nSPS) is 9.93. The largest absolute Gasteiger partial charge is 0.399 e. The molecule has 0 aliphatic rings. The maximum Gasteiger partial charge on any atom is 0.0314 e. The van der Waals surface area contributed by atoms with E-state index in [2.05, 4.69) is 60.7 Å². The first-order valence-corrected chi connectivity index (χ1v) is 9.00. The van der Waals surface area contributed by atoms with Crippen molar-refractivity contribution < 1.29 is 0 Å². The predicted octanol–water partition coefficient (Wildman–Crippen LogP) is 5.80. The molecule has 0 aliphatic carbocycles. The molecule has 4 aromatic carbocycles. The molecule has 2 heteroatoms. The van der Waals surface area contributed by atoms with Gasteiger partial charge in [-0.25, -0.2) is 0 Å². The second-order valence-electron chi connectivity index (χ2n) is 6.39. The molecule has 0 saturated heterocycles. The summed E-state index contributed by atoms with van der Waals surface area (Å²) in [4.78, 5) is 0. The van der Waals surface area contributed by atoms with Gasteiger partial charge in [-0.05, 0) is 52.9 Å².